The predicted molar refractivity (Wildman–Crippen MR) is 133 cm³/mol. The van der Waals surface area contributed by atoms with Crippen LogP contribution in [-0.4, -0.2) is 10.9 Å². The van der Waals surface area contributed by atoms with Crippen molar-refractivity contribution in [1.29, 1.82) is 0 Å². The van der Waals surface area contributed by atoms with Gasteiger partial charge in [0.25, 0.3) is 0 Å². The molecular weight excluding hydrogens is 404 g/mol. The van der Waals surface area contributed by atoms with Crippen LogP contribution in [0.3, 0.4) is 0 Å². The lowest BCUT2D eigenvalue weighted by atomic mass is 9.46. The molecule has 0 saturated heterocycles. The van der Waals surface area contributed by atoms with Crippen LogP contribution in [0.5, 0.6) is 0 Å². The average molecular weight is 435 g/mol. The highest BCUT2D eigenvalue weighted by Crippen LogP contribution is 2.62. The van der Waals surface area contributed by atoms with Gasteiger partial charge in [-0.3, -0.25) is 4.79 Å². The van der Waals surface area contributed by atoms with Crippen LogP contribution in [0.25, 0.3) is 32.3 Å². The number of Topliss-reactive ketones (excluding diaryl/α,β-unsaturated/α-hetero) is 1. The Kier molecular flexibility index (Phi) is 3.53. The van der Waals surface area contributed by atoms with E-state index >= 15 is 0 Å². The summed E-state index contributed by atoms with van der Waals surface area (Å²) in [5.41, 5.74) is 0.522. The smallest absolute Gasteiger partial charge is 0.175 e. The zero-order chi connectivity index (χ0) is 21.9. The fourth-order valence-electron chi connectivity index (χ4n) is 9.23. The van der Waals surface area contributed by atoms with E-state index in [4.69, 9.17) is 0 Å². The second kappa shape index (κ2) is 6.16. The molecule has 0 spiro atoms. The number of benzene rings is 4. The van der Waals surface area contributed by atoms with E-state index in [2.05, 4.69) is 48.5 Å². The summed E-state index contributed by atoms with van der Waals surface area (Å²) >= 11 is 0. The van der Waals surface area contributed by atoms with Gasteiger partial charge in [-0.1, -0.05) is 42.5 Å². The topological polar surface area (TPSA) is 37.3 Å². The van der Waals surface area contributed by atoms with Gasteiger partial charge in [0, 0.05) is 5.41 Å². The van der Waals surface area contributed by atoms with Gasteiger partial charge in [0.15, 0.2) is 5.78 Å². The maximum absolute atomic E-state index is 14.4. The Morgan fingerprint density at radius 3 is 2.15 bits per heavy atom. The van der Waals surface area contributed by atoms with E-state index in [-0.39, 0.29) is 11.2 Å². The Balaban J connectivity index is 1.35. The summed E-state index contributed by atoms with van der Waals surface area (Å²) < 4.78 is 0. The van der Waals surface area contributed by atoms with Crippen LogP contribution in [0, 0.1) is 23.2 Å². The van der Waals surface area contributed by atoms with Crippen LogP contribution >= 0.6 is 0 Å². The Hall–Kier alpha value is -2.45. The minimum Gasteiger partial charge on any atom is -0.377 e. The largest absolute Gasteiger partial charge is 0.377 e. The van der Waals surface area contributed by atoms with Gasteiger partial charge in [0.05, 0.1) is 0 Å². The highest BCUT2D eigenvalue weighted by Gasteiger charge is 2.59. The molecule has 2 nitrogen and oxygen atoms in total. The molecule has 4 fully saturated rings. The Labute approximate surface area is 194 Å². The number of rotatable bonds is 2. The van der Waals surface area contributed by atoms with Crippen molar-refractivity contribution in [3.63, 3.8) is 0 Å². The number of ketones is 1. The van der Waals surface area contributed by atoms with Gasteiger partial charge in [0.1, 0.15) is 5.60 Å². The maximum Gasteiger partial charge on any atom is 0.175 e. The summed E-state index contributed by atoms with van der Waals surface area (Å²) in [6.07, 6.45) is 9.40. The Morgan fingerprint density at radius 2 is 1.45 bits per heavy atom. The lowest BCUT2D eigenvalue weighted by Crippen LogP contribution is -2.56. The molecule has 9 rings (SSSR count). The molecule has 1 N–H and O–H groups in total. The van der Waals surface area contributed by atoms with Crippen molar-refractivity contribution < 1.29 is 9.90 Å². The van der Waals surface area contributed by atoms with Crippen molar-refractivity contribution in [2.45, 2.75) is 63.4 Å². The summed E-state index contributed by atoms with van der Waals surface area (Å²) in [6.45, 7) is 0. The minimum atomic E-state index is -1.33. The summed E-state index contributed by atoms with van der Waals surface area (Å²) in [4.78, 5) is 14.4. The number of hydrogen-bond acceptors (Lipinski definition) is 2. The molecule has 166 valence electrons. The molecule has 0 aliphatic heterocycles. The first-order valence-electron chi connectivity index (χ1n) is 13.0. The first-order chi connectivity index (χ1) is 16.0. The van der Waals surface area contributed by atoms with Crippen molar-refractivity contribution in [3.05, 3.63) is 59.7 Å². The summed E-state index contributed by atoms with van der Waals surface area (Å²) in [5.74, 6) is 2.29. The molecule has 0 heterocycles. The number of hydrogen-bond donors (Lipinski definition) is 1. The standard InChI is InChI=1S/C31H30O2/c32-29(30-15-18-11-19(16-30)13-20(12-18)17-30)31(33)10-2-5-24-25-9-8-22-4-1-3-21-6-7-23(14-26(24)31)28(25)27(21)22/h1,3-4,6-9,14,18-20,33H,2,5,10-13,15-17H2. The monoisotopic (exact) mass is 434 g/mol. The van der Waals surface area contributed by atoms with Gasteiger partial charge in [0.2, 0.25) is 0 Å². The van der Waals surface area contributed by atoms with E-state index in [1.54, 1.807) is 0 Å². The molecule has 33 heavy (non-hydrogen) atoms. The zero-order valence-electron chi connectivity index (χ0n) is 19.1. The number of aliphatic hydroxyl groups is 1. The predicted octanol–water partition coefficient (Wildman–Crippen LogP) is 6.89. The molecule has 1 atom stereocenters. The third kappa shape index (κ3) is 2.36. The third-order valence-electron chi connectivity index (χ3n) is 10.1. The first-order valence-corrected chi connectivity index (χ1v) is 13.0. The van der Waals surface area contributed by atoms with E-state index in [1.165, 1.54) is 51.8 Å². The molecular formula is C31H30O2. The fraction of sp³-hybridized carbons (Fsp3) is 0.452. The van der Waals surface area contributed by atoms with Gasteiger partial charge in [-0.05, 0) is 125 Å². The molecule has 4 saturated carbocycles. The second-order valence-corrected chi connectivity index (χ2v) is 12.0. The molecule has 4 aromatic carbocycles. The van der Waals surface area contributed by atoms with E-state index in [0.717, 1.165) is 43.1 Å². The maximum atomic E-state index is 14.4. The first kappa shape index (κ1) is 18.9. The molecule has 4 bridgehead atoms. The molecule has 5 aliphatic carbocycles. The molecule has 0 aromatic heterocycles. The van der Waals surface area contributed by atoms with Crippen molar-refractivity contribution >= 4 is 38.1 Å². The van der Waals surface area contributed by atoms with Crippen molar-refractivity contribution in [2.24, 2.45) is 23.2 Å². The van der Waals surface area contributed by atoms with Crippen molar-refractivity contribution in [3.8, 4) is 0 Å². The van der Waals surface area contributed by atoms with Crippen molar-refractivity contribution in [2.75, 3.05) is 0 Å². The van der Waals surface area contributed by atoms with Crippen LogP contribution < -0.4 is 0 Å². The minimum absolute atomic E-state index is 0.169. The average Bonchev–Trinajstić information content (AvgIpc) is 2.81. The summed E-state index contributed by atoms with van der Waals surface area (Å²) in [5, 5.41) is 19.8. The molecule has 4 aromatic rings. The lowest BCUT2D eigenvalue weighted by Gasteiger charge is -2.57. The molecule has 0 amide bonds. The molecule has 2 heteroatoms. The van der Waals surface area contributed by atoms with Gasteiger partial charge in [-0.15, -0.1) is 0 Å². The molecule has 5 aliphatic rings. The van der Waals surface area contributed by atoms with Crippen LogP contribution in [0.4, 0.5) is 0 Å². The normalized spacial score (nSPS) is 35.0. The fourth-order valence-corrected chi connectivity index (χ4v) is 9.23. The third-order valence-corrected chi connectivity index (χ3v) is 10.1. The van der Waals surface area contributed by atoms with Gasteiger partial charge >= 0.3 is 0 Å². The van der Waals surface area contributed by atoms with E-state index in [9.17, 15) is 9.90 Å². The SMILES string of the molecule is O=C(C12CC3CC(CC(C3)C1)C2)C1(O)CCCc2c1cc1ccc3cccc4ccc2c1c34. The van der Waals surface area contributed by atoms with Gasteiger partial charge in [-0.2, -0.15) is 0 Å². The number of fused-ring (bicyclic) bond motifs is 2. The van der Waals surface area contributed by atoms with E-state index in [0.29, 0.717) is 24.2 Å². The quantitative estimate of drug-likeness (QED) is 0.349. The number of aryl methyl sites for hydroxylation is 1. The van der Waals surface area contributed by atoms with Crippen LogP contribution in [0.2, 0.25) is 0 Å². The number of carbonyl (C=O) groups excluding carboxylic acids is 1. The highest BCUT2D eigenvalue weighted by molar-refractivity contribution is 6.24. The van der Waals surface area contributed by atoms with E-state index in [1.807, 2.05) is 0 Å². The summed E-state index contributed by atoms with van der Waals surface area (Å²) in [6, 6.07) is 17.5. The van der Waals surface area contributed by atoms with E-state index < -0.39 is 5.60 Å². The molecule has 1 unspecified atom stereocenters. The molecule has 0 radical (unpaired) electrons. The number of carbonyl (C=O) groups is 1. The Bertz CT molecular complexity index is 1410. The summed E-state index contributed by atoms with van der Waals surface area (Å²) in [7, 11) is 0. The van der Waals surface area contributed by atoms with Crippen molar-refractivity contribution in [1.82, 2.24) is 0 Å². The highest BCUT2D eigenvalue weighted by atomic mass is 16.3. The van der Waals surface area contributed by atoms with Crippen LogP contribution in [-0.2, 0) is 16.8 Å². The lowest BCUT2D eigenvalue weighted by molar-refractivity contribution is -0.166. The van der Waals surface area contributed by atoms with Crippen LogP contribution in [0.15, 0.2) is 48.5 Å². The van der Waals surface area contributed by atoms with Crippen LogP contribution in [0.1, 0.15) is 62.5 Å². The van der Waals surface area contributed by atoms with Gasteiger partial charge < -0.3 is 5.11 Å². The zero-order valence-corrected chi connectivity index (χ0v) is 19.1. The van der Waals surface area contributed by atoms with Gasteiger partial charge in [-0.25, -0.2) is 0 Å². The second-order valence-electron chi connectivity index (χ2n) is 12.0. The Morgan fingerprint density at radius 1 is 0.818 bits per heavy atom.